The standard InChI is InChI=1S/C13H19Cl2NO4/c1-13(19,8-17)7-16-5-9(18)6-20-10-2-3-11(14)12(15)4-10/h2-4,9,16-19H,5-8H2,1H3. The largest absolute Gasteiger partial charge is 0.491 e. The number of halogens is 2. The highest BCUT2D eigenvalue weighted by Crippen LogP contribution is 2.26. The molecule has 114 valence electrons. The van der Waals surface area contributed by atoms with Crippen molar-refractivity contribution in [3.05, 3.63) is 28.2 Å². The van der Waals surface area contributed by atoms with Crippen molar-refractivity contribution >= 4 is 23.2 Å². The molecule has 0 fully saturated rings. The van der Waals surface area contributed by atoms with Gasteiger partial charge in [0.25, 0.3) is 0 Å². The highest BCUT2D eigenvalue weighted by Gasteiger charge is 2.18. The van der Waals surface area contributed by atoms with E-state index in [1.165, 1.54) is 6.92 Å². The van der Waals surface area contributed by atoms with Crippen molar-refractivity contribution in [2.75, 3.05) is 26.3 Å². The van der Waals surface area contributed by atoms with Gasteiger partial charge in [0.1, 0.15) is 18.5 Å². The van der Waals surface area contributed by atoms with Gasteiger partial charge in [-0.25, -0.2) is 0 Å². The number of rotatable bonds is 8. The number of hydrogen-bond donors (Lipinski definition) is 4. The lowest BCUT2D eigenvalue weighted by molar-refractivity contribution is -0.000325. The number of nitrogens with one attached hydrogen (secondary N) is 1. The van der Waals surface area contributed by atoms with Crippen molar-refractivity contribution in [1.29, 1.82) is 0 Å². The molecule has 7 heteroatoms. The van der Waals surface area contributed by atoms with Gasteiger partial charge in [-0.1, -0.05) is 23.2 Å². The quantitative estimate of drug-likeness (QED) is 0.575. The summed E-state index contributed by atoms with van der Waals surface area (Å²) in [5.41, 5.74) is -1.20. The van der Waals surface area contributed by atoms with E-state index in [2.05, 4.69) is 5.32 Å². The second-order valence-electron chi connectivity index (χ2n) is 4.83. The topological polar surface area (TPSA) is 82.0 Å². The molecule has 20 heavy (non-hydrogen) atoms. The third-order valence-electron chi connectivity index (χ3n) is 2.56. The molecule has 0 radical (unpaired) electrons. The normalized spacial score (nSPS) is 15.7. The van der Waals surface area contributed by atoms with Crippen LogP contribution >= 0.6 is 23.2 Å². The Morgan fingerprint density at radius 1 is 1.35 bits per heavy atom. The van der Waals surface area contributed by atoms with Gasteiger partial charge >= 0.3 is 0 Å². The summed E-state index contributed by atoms with van der Waals surface area (Å²) in [7, 11) is 0. The summed E-state index contributed by atoms with van der Waals surface area (Å²) < 4.78 is 5.37. The number of ether oxygens (including phenoxy) is 1. The summed E-state index contributed by atoms with van der Waals surface area (Å²) in [6.45, 7) is 1.63. The molecular formula is C13H19Cl2NO4. The van der Waals surface area contributed by atoms with Gasteiger partial charge in [0, 0.05) is 19.2 Å². The molecule has 1 aromatic rings. The molecule has 0 aromatic heterocycles. The van der Waals surface area contributed by atoms with E-state index in [4.69, 9.17) is 33.0 Å². The van der Waals surface area contributed by atoms with Gasteiger partial charge in [0.2, 0.25) is 0 Å². The van der Waals surface area contributed by atoms with Crippen molar-refractivity contribution in [3.63, 3.8) is 0 Å². The maximum atomic E-state index is 9.71. The molecule has 4 N–H and O–H groups in total. The molecule has 0 aliphatic rings. The Morgan fingerprint density at radius 2 is 2.05 bits per heavy atom. The van der Waals surface area contributed by atoms with Crippen LogP contribution in [0.25, 0.3) is 0 Å². The first-order valence-corrected chi connectivity index (χ1v) is 6.89. The Bertz CT molecular complexity index is 429. The lowest BCUT2D eigenvalue weighted by Crippen LogP contribution is -2.44. The summed E-state index contributed by atoms with van der Waals surface area (Å²) in [4.78, 5) is 0. The van der Waals surface area contributed by atoms with E-state index in [9.17, 15) is 10.2 Å². The third kappa shape index (κ3) is 6.26. The van der Waals surface area contributed by atoms with Crippen LogP contribution in [0.4, 0.5) is 0 Å². The van der Waals surface area contributed by atoms with Gasteiger partial charge in [-0.15, -0.1) is 0 Å². The Kier molecular flexibility index (Phi) is 7.02. The van der Waals surface area contributed by atoms with Crippen LogP contribution in [-0.2, 0) is 0 Å². The molecule has 0 aliphatic heterocycles. The van der Waals surface area contributed by atoms with Crippen LogP contribution in [0.3, 0.4) is 0 Å². The zero-order valence-electron chi connectivity index (χ0n) is 11.1. The molecular weight excluding hydrogens is 305 g/mol. The molecule has 1 aromatic carbocycles. The fraction of sp³-hybridized carbons (Fsp3) is 0.538. The third-order valence-corrected chi connectivity index (χ3v) is 3.30. The number of aliphatic hydroxyl groups excluding tert-OH is 2. The van der Waals surface area contributed by atoms with Gasteiger partial charge in [0.05, 0.1) is 22.3 Å². The van der Waals surface area contributed by atoms with Crippen LogP contribution in [0.2, 0.25) is 10.0 Å². The van der Waals surface area contributed by atoms with E-state index in [-0.39, 0.29) is 26.3 Å². The minimum absolute atomic E-state index is 0.0756. The second kappa shape index (κ2) is 8.02. The SMILES string of the molecule is CC(O)(CO)CNCC(O)COc1ccc(Cl)c(Cl)c1. The van der Waals surface area contributed by atoms with Gasteiger partial charge < -0.3 is 25.4 Å². The van der Waals surface area contributed by atoms with Crippen LogP contribution in [0, 0.1) is 0 Å². The summed E-state index contributed by atoms with van der Waals surface area (Å²) >= 11 is 11.6. The molecule has 0 saturated heterocycles. The first kappa shape index (κ1) is 17.5. The van der Waals surface area contributed by atoms with Crippen LogP contribution < -0.4 is 10.1 Å². The fourth-order valence-electron chi connectivity index (χ4n) is 1.38. The predicted molar refractivity (Wildman–Crippen MR) is 78.5 cm³/mol. The van der Waals surface area contributed by atoms with Gasteiger partial charge in [0.15, 0.2) is 0 Å². The minimum Gasteiger partial charge on any atom is -0.491 e. The lowest BCUT2D eigenvalue weighted by Gasteiger charge is -2.22. The van der Waals surface area contributed by atoms with Gasteiger partial charge in [-0.2, -0.15) is 0 Å². The monoisotopic (exact) mass is 323 g/mol. The predicted octanol–water partition coefficient (Wildman–Crippen LogP) is 1.07. The van der Waals surface area contributed by atoms with E-state index in [0.717, 1.165) is 0 Å². The van der Waals surface area contributed by atoms with E-state index in [0.29, 0.717) is 15.8 Å². The zero-order valence-corrected chi connectivity index (χ0v) is 12.7. The Balaban J connectivity index is 2.29. The number of hydrogen-bond acceptors (Lipinski definition) is 5. The van der Waals surface area contributed by atoms with E-state index in [1.54, 1.807) is 18.2 Å². The lowest BCUT2D eigenvalue weighted by atomic mass is 10.1. The zero-order chi connectivity index (χ0) is 15.2. The smallest absolute Gasteiger partial charge is 0.121 e. The van der Waals surface area contributed by atoms with Crippen molar-refractivity contribution in [2.45, 2.75) is 18.6 Å². The fourth-order valence-corrected chi connectivity index (χ4v) is 1.67. The Hall–Kier alpha value is -0.560. The minimum atomic E-state index is -1.20. The maximum Gasteiger partial charge on any atom is 0.121 e. The Morgan fingerprint density at radius 3 is 2.65 bits per heavy atom. The van der Waals surface area contributed by atoms with Crippen molar-refractivity contribution < 1.29 is 20.1 Å². The molecule has 0 aliphatic carbocycles. The molecule has 1 rings (SSSR count). The van der Waals surface area contributed by atoms with Crippen molar-refractivity contribution in [3.8, 4) is 5.75 Å². The summed E-state index contributed by atoms with van der Waals surface area (Å²) in [5, 5.41) is 31.8. The van der Waals surface area contributed by atoms with E-state index in [1.807, 2.05) is 0 Å². The summed E-state index contributed by atoms with van der Waals surface area (Å²) in [6.07, 6.45) is -0.751. The molecule has 2 unspecified atom stereocenters. The maximum absolute atomic E-state index is 9.71. The molecule has 0 amide bonds. The van der Waals surface area contributed by atoms with Crippen LogP contribution in [0.1, 0.15) is 6.92 Å². The van der Waals surface area contributed by atoms with Crippen molar-refractivity contribution in [2.24, 2.45) is 0 Å². The second-order valence-corrected chi connectivity index (χ2v) is 5.64. The van der Waals surface area contributed by atoms with Gasteiger partial charge in [-0.05, 0) is 19.1 Å². The summed E-state index contributed by atoms with van der Waals surface area (Å²) in [6, 6.07) is 4.84. The highest BCUT2D eigenvalue weighted by atomic mass is 35.5. The first-order chi connectivity index (χ1) is 9.34. The number of aliphatic hydroxyl groups is 3. The van der Waals surface area contributed by atoms with Crippen LogP contribution in [0.15, 0.2) is 18.2 Å². The Labute approximate surface area is 128 Å². The first-order valence-electron chi connectivity index (χ1n) is 6.14. The average Bonchev–Trinajstić information content (AvgIpc) is 2.40. The molecule has 5 nitrogen and oxygen atoms in total. The van der Waals surface area contributed by atoms with E-state index < -0.39 is 11.7 Å². The van der Waals surface area contributed by atoms with Crippen molar-refractivity contribution in [1.82, 2.24) is 5.32 Å². The van der Waals surface area contributed by atoms with Crippen LogP contribution in [-0.4, -0.2) is 53.3 Å². The molecule has 0 heterocycles. The van der Waals surface area contributed by atoms with Crippen LogP contribution in [0.5, 0.6) is 5.75 Å². The molecule has 0 bridgehead atoms. The van der Waals surface area contributed by atoms with E-state index >= 15 is 0 Å². The average molecular weight is 324 g/mol. The molecule has 0 spiro atoms. The summed E-state index contributed by atoms with van der Waals surface area (Å²) in [5.74, 6) is 0.515. The molecule has 2 atom stereocenters. The highest BCUT2D eigenvalue weighted by molar-refractivity contribution is 6.42. The number of benzene rings is 1. The molecule has 0 saturated carbocycles. The van der Waals surface area contributed by atoms with Gasteiger partial charge in [-0.3, -0.25) is 0 Å².